The number of carbonyl (C=O) groups is 1. The molecule has 0 aromatic rings. The van der Waals surface area contributed by atoms with E-state index in [1.807, 2.05) is 27.2 Å². The number of ether oxygens (including phenoxy) is 2. The van der Waals surface area contributed by atoms with Crippen LogP contribution in [0, 0.1) is 0 Å². The molecule has 0 rings (SSSR count). The maximum atomic E-state index is 12.6. The number of hydrogen-bond donors (Lipinski definition) is 0. The SMILES string of the molecule is CCCCC/C=C/C/C=C/CCCCCCCC(=O)O[C@H](CO/C=C/CCCCCCCCCCCCCC)COP(=O)([O-])OCC[N+](C)(C)C. The van der Waals surface area contributed by atoms with Gasteiger partial charge in [0.15, 0.2) is 6.10 Å². The highest BCUT2D eigenvalue weighted by Crippen LogP contribution is 2.38. The summed E-state index contributed by atoms with van der Waals surface area (Å²) >= 11 is 0. The van der Waals surface area contributed by atoms with Gasteiger partial charge in [0, 0.05) is 6.42 Å². The third-order valence-corrected chi connectivity index (χ3v) is 9.72. The molecule has 1 unspecified atom stereocenters. The summed E-state index contributed by atoms with van der Waals surface area (Å²) in [5, 5.41) is 0. The average molecular weight is 742 g/mol. The molecule has 0 amide bonds. The summed E-state index contributed by atoms with van der Waals surface area (Å²) < 4.78 is 34.2. The minimum Gasteiger partial charge on any atom is -0.756 e. The lowest BCUT2D eigenvalue weighted by molar-refractivity contribution is -0.870. The first-order chi connectivity index (χ1) is 24.6. The molecular weight excluding hydrogens is 661 g/mol. The number of nitrogens with zero attached hydrogens (tertiary/aromatic N) is 1. The van der Waals surface area contributed by atoms with Gasteiger partial charge in [-0.3, -0.25) is 9.36 Å². The van der Waals surface area contributed by atoms with Crippen molar-refractivity contribution < 1.29 is 37.3 Å². The predicted molar refractivity (Wildman–Crippen MR) is 212 cm³/mol. The maximum Gasteiger partial charge on any atom is 0.306 e. The normalized spacial score (nSPS) is 14.2. The second-order valence-electron chi connectivity index (χ2n) is 15.1. The molecule has 0 heterocycles. The molecule has 0 saturated heterocycles. The number of esters is 1. The van der Waals surface area contributed by atoms with Gasteiger partial charge < -0.3 is 27.9 Å². The van der Waals surface area contributed by atoms with E-state index >= 15 is 0 Å². The molecular formula is C42H80NO7P. The van der Waals surface area contributed by atoms with Crippen LogP contribution in [0.25, 0.3) is 0 Å². The van der Waals surface area contributed by atoms with E-state index < -0.39 is 13.9 Å². The van der Waals surface area contributed by atoms with E-state index in [1.165, 1.54) is 96.3 Å². The van der Waals surface area contributed by atoms with Crippen molar-refractivity contribution in [1.82, 2.24) is 0 Å². The molecule has 300 valence electrons. The fourth-order valence-electron chi connectivity index (χ4n) is 5.48. The number of likely N-dealkylation sites (N-methyl/N-ethyl adjacent to an activating group) is 1. The molecule has 2 atom stereocenters. The summed E-state index contributed by atoms with van der Waals surface area (Å²) in [4.78, 5) is 25.0. The van der Waals surface area contributed by atoms with Gasteiger partial charge in [-0.15, -0.1) is 0 Å². The number of unbranched alkanes of at least 4 members (excludes halogenated alkanes) is 20. The van der Waals surface area contributed by atoms with Gasteiger partial charge in [0.25, 0.3) is 7.82 Å². The summed E-state index contributed by atoms with van der Waals surface area (Å²) in [5.41, 5.74) is 0. The third-order valence-electron chi connectivity index (χ3n) is 8.76. The largest absolute Gasteiger partial charge is 0.756 e. The van der Waals surface area contributed by atoms with Crippen molar-refractivity contribution in [2.45, 2.75) is 180 Å². The van der Waals surface area contributed by atoms with Crippen LogP contribution in [0.15, 0.2) is 36.6 Å². The Labute approximate surface area is 315 Å². The number of quaternary nitrogens is 1. The van der Waals surface area contributed by atoms with Crippen molar-refractivity contribution in [2.24, 2.45) is 0 Å². The molecule has 0 N–H and O–H groups in total. The molecule has 0 bridgehead atoms. The molecule has 8 nitrogen and oxygen atoms in total. The second kappa shape index (κ2) is 35.6. The molecule has 9 heteroatoms. The number of phosphoric ester groups is 1. The highest BCUT2D eigenvalue weighted by atomic mass is 31.2. The number of hydrogen-bond acceptors (Lipinski definition) is 7. The van der Waals surface area contributed by atoms with Crippen LogP contribution < -0.4 is 4.89 Å². The van der Waals surface area contributed by atoms with E-state index in [2.05, 4.69) is 38.2 Å². The van der Waals surface area contributed by atoms with E-state index in [0.29, 0.717) is 11.0 Å². The van der Waals surface area contributed by atoms with E-state index in [9.17, 15) is 14.3 Å². The van der Waals surface area contributed by atoms with E-state index in [0.717, 1.165) is 57.8 Å². The highest BCUT2D eigenvalue weighted by Gasteiger charge is 2.20. The van der Waals surface area contributed by atoms with Gasteiger partial charge in [-0.25, -0.2) is 0 Å². The van der Waals surface area contributed by atoms with Gasteiger partial charge in [0.1, 0.15) is 19.8 Å². The third kappa shape index (κ3) is 39.6. The Morgan fingerprint density at radius 2 is 1.10 bits per heavy atom. The zero-order valence-corrected chi connectivity index (χ0v) is 34.7. The molecule has 0 spiro atoms. The minimum atomic E-state index is -4.54. The van der Waals surface area contributed by atoms with Crippen molar-refractivity contribution in [3.63, 3.8) is 0 Å². The molecule has 0 radical (unpaired) electrons. The summed E-state index contributed by atoms with van der Waals surface area (Å²) in [6.45, 7) is 4.69. The molecule has 0 aromatic carbocycles. The lowest BCUT2D eigenvalue weighted by atomic mass is 10.0. The Kier molecular flexibility index (Phi) is 34.6. The van der Waals surface area contributed by atoms with Crippen molar-refractivity contribution in [3.8, 4) is 0 Å². The van der Waals surface area contributed by atoms with Gasteiger partial charge in [0.05, 0.1) is 34.0 Å². The number of phosphoric acid groups is 1. The maximum absolute atomic E-state index is 12.6. The Bertz CT molecular complexity index is 915. The van der Waals surface area contributed by atoms with Gasteiger partial charge >= 0.3 is 5.97 Å². The fraction of sp³-hybridized carbons (Fsp3) is 0.833. The lowest BCUT2D eigenvalue weighted by Crippen LogP contribution is -2.37. The lowest BCUT2D eigenvalue weighted by Gasteiger charge is -2.28. The van der Waals surface area contributed by atoms with Crippen LogP contribution in [0.1, 0.15) is 174 Å². The zero-order chi connectivity index (χ0) is 37.7. The molecule has 51 heavy (non-hydrogen) atoms. The van der Waals surface area contributed by atoms with Crippen molar-refractivity contribution in [2.75, 3.05) is 47.5 Å². The van der Waals surface area contributed by atoms with Gasteiger partial charge in [-0.05, 0) is 57.4 Å². The topological polar surface area (TPSA) is 94.1 Å². The van der Waals surface area contributed by atoms with Gasteiger partial charge in [-0.2, -0.15) is 0 Å². The number of rotatable bonds is 38. The van der Waals surface area contributed by atoms with Crippen LogP contribution in [0.5, 0.6) is 0 Å². The van der Waals surface area contributed by atoms with Crippen LogP contribution in [0.4, 0.5) is 0 Å². The highest BCUT2D eigenvalue weighted by molar-refractivity contribution is 7.45. The van der Waals surface area contributed by atoms with Crippen LogP contribution in [-0.2, 0) is 27.9 Å². The molecule has 0 aliphatic rings. The van der Waals surface area contributed by atoms with Crippen LogP contribution in [0.2, 0.25) is 0 Å². The monoisotopic (exact) mass is 742 g/mol. The number of carbonyl (C=O) groups excluding carboxylic acids is 1. The summed E-state index contributed by atoms with van der Waals surface area (Å²) in [7, 11) is 1.31. The molecule has 0 aromatic heterocycles. The molecule has 0 saturated carbocycles. The Morgan fingerprint density at radius 1 is 0.627 bits per heavy atom. The fourth-order valence-corrected chi connectivity index (χ4v) is 6.21. The molecule has 0 fully saturated rings. The van der Waals surface area contributed by atoms with Crippen molar-refractivity contribution >= 4 is 13.8 Å². The van der Waals surface area contributed by atoms with E-state index in [4.69, 9.17) is 18.5 Å². The van der Waals surface area contributed by atoms with Gasteiger partial charge in [0.2, 0.25) is 0 Å². The van der Waals surface area contributed by atoms with Crippen LogP contribution in [-0.4, -0.2) is 64.1 Å². The Hall–Kier alpha value is -1.44. The van der Waals surface area contributed by atoms with Crippen LogP contribution >= 0.6 is 7.82 Å². The first kappa shape index (κ1) is 49.6. The summed E-state index contributed by atoms with van der Waals surface area (Å²) in [6.07, 6.45) is 41.0. The summed E-state index contributed by atoms with van der Waals surface area (Å²) in [5.74, 6) is -0.370. The second-order valence-corrected chi connectivity index (χ2v) is 16.5. The quantitative estimate of drug-likeness (QED) is 0.0155. The number of allylic oxidation sites excluding steroid dienone is 5. The average Bonchev–Trinajstić information content (AvgIpc) is 3.08. The summed E-state index contributed by atoms with van der Waals surface area (Å²) in [6, 6.07) is 0. The predicted octanol–water partition coefficient (Wildman–Crippen LogP) is 11.5. The van der Waals surface area contributed by atoms with Crippen molar-refractivity contribution in [3.05, 3.63) is 36.6 Å². The Morgan fingerprint density at radius 3 is 1.65 bits per heavy atom. The van der Waals surface area contributed by atoms with Crippen LogP contribution in [0.3, 0.4) is 0 Å². The smallest absolute Gasteiger partial charge is 0.306 e. The Balaban J connectivity index is 4.35. The molecule has 0 aliphatic heterocycles. The van der Waals surface area contributed by atoms with Gasteiger partial charge in [-0.1, -0.05) is 141 Å². The standard InChI is InChI=1S/C42H80NO7P/c1-6-8-10-12-14-16-18-20-22-23-25-27-29-31-33-35-42(44)50-41(40-49-51(45,46)48-38-36-43(3,4)5)39-47-37-34-32-30-28-26-24-21-19-17-15-13-11-9-7-2/h14,16,20,22,34,37,41H,6-13,15,17-19,21,23-33,35-36,38-40H2,1-5H3/b16-14+,22-20+,37-34+/t41-/m1/s1. The van der Waals surface area contributed by atoms with Crippen molar-refractivity contribution in [1.29, 1.82) is 0 Å². The minimum absolute atomic E-state index is 0.0138. The molecule has 0 aliphatic carbocycles. The van der Waals surface area contributed by atoms with E-state index in [-0.39, 0.29) is 32.2 Å². The van der Waals surface area contributed by atoms with E-state index in [1.54, 1.807) is 6.26 Å². The first-order valence-electron chi connectivity index (χ1n) is 20.8. The first-order valence-corrected chi connectivity index (χ1v) is 22.2. The zero-order valence-electron chi connectivity index (χ0n) is 33.8.